The lowest BCUT2D eigenvalue weighted by atomic mass is 10.1. The highest BCUT2D eigenvalue weighted by Gasteiger charge is 2.17. The molecule has 2 heterocycles. The molecule has 124 valence electrons. The second kappa shape index (κ2) is 7.74. The van der Waals surface area contributed by atoms with Crippen LogP contribution in [-0.2, 0) is 6.54 Å². The second-order valence-corrected chi connectivity index (χ2v) is 7.62. The molecule has 0 fully saturated rings. The summed E-state index contributed by atoms with van der Waals surface area (Å²) >= 11 is 2.74. The number of rotatable bonds is 6. The Morgan fingerprint density at radius 1 is 1.43 bits per heavy atom. The molecule has 0 aliphatic heterocycles. The zero-order chi connectivity index (χ0) is 17.0. The van der Waals surface area contributed by atoms with Gasteiger partial charge in [-0.3, -0.25) is 14.9 Å². The lowest BCUT2D eigenvalue weighted by Crippen LogP contribution is -2.30. The number of aromatic nitrogens is 3. The molecule has 0 aliphatic rings. The second-order valence-electron chi connectivity index (χ2n) is 5.59. The molecule has 0 spiro atoms. The van der Waals surface area contributed by atoms with Gasteiger partial charge in [0, 0.05) is 12.7 Å². The largest absolute Gasteiger partial charge is 0.315 e. The number of thioether (sulfide) groups is 1. The molecular weight excluding hydrogens is 332 g/mol. The Bertz CT molecular complexity index is 752. The quantitative estimate of drug-likeness (QED) is 0.639. The van der Waals surface area contributed by atoms with Crippen LogP contribution in [0.5, 0.6) is 0 Å². The molecule has 0 saturated carbocycles. The van der Waals surface area contributed by atoms with E-state index < -0.39 is 5.91 Å². The molecule has 0 aromatic carbocycles. The van der Waals surface area contributed by atoms with Crippen LogP contribution in [0.25, 0.3) is 0 Å². The fourth-order valence-electron chi connectivity index (χ4n) is 2.02. The predicted molar refractivity (Wildman–Crippen MR) is 94.5 cm³/mol. The van der Waals surface area contributed by atoms with Gasteiger partial charge in [0.25, 0.3) is 11.5 Å². The fraction of sp³-hybridized carbons (Fsp3) is 0.467. The van der Waals surface area contributed by atoms with Gasteiger partial charge in [-0.1, -0.05) is 36.9 Å². The van der Waals surface area contributed by atoms with Gasteiger partial charge in [0.05, 0.1) is 0 Å². The summed E-state index contributed by atoms with van der Waals surface area (Å²) in [4.78, 5) is 25.0. The Labute approximate surface area is 143 Å². The van der Waals surface area contributed by atoms with Crippen LogP contribution in [-0.4, -0.2) is 26.9 Å². The van der Waals surface area contributed by atoms with Gasteiger partial charge < -0.3 is 4.57 Å². The van der Waals surface area contributed by atoms with Crippen LogP contribution in [0, 0.1) is 12.8 Å². The number of nitrogens with zero attached hydrogens (tertiary/aromatic N) is 3. The molecule has 6 nitrogen and oxygen atoms in total. The Hall–Kier alpha value is -1.67. The SMILES string of the molecule is CSc1nnc(NC(=O)c2c(C)ccn(CCC(C)C)c2=O)s1. The number of anilines is 1. The zero-order valence-electron chi connectivity index (χ0n) is 13.6. The first kappa shape index (κ1) is 17.7. The third-order valence-electron chi connectivity index (χ3n) is 3.35. The predicted octanol–water partition coefficient (Wildman–Crippen LogP) is 3.03. The Balaban J connectivity index is 2.24. The number of amides is 1. The smallest absolute Gasteiger partial charge is 0.263 e. The van der Waals surface area contributed by atoms with Crippen molar-refractivity contribution in [1.82, 2.24) is 14.8 Å². The average molecular weight is 352 g/mol. The van der Waals surface area contributed by atoms with Crippen LogP contribution in [0.4, 0.5) is 5.13 Å². The third-order valence-corrected chi connectivity index (χ3v) is 5.16. The zero-order valence-corrected chi connectivity index (χ0v) is 15.3. The molecular formula is C15H20N4O2S2. The molecule has 0 aliphatic carbocycles. The van der Waals surface area contributed by atoms with E-state index in [1.165, 1.54) is 23.1 Å². The number of hydrogen-bond acceptors (Lipinski definition) is 6. The minimum atomic E-state index is -0.435. The topological polar surface area (TPSA) is 76.9 Å². The Morgan fingerprint density at radius 3 is 2.78 bits per heavy atom. The molecule has 0 saturated heterocycles. The monoisotopic (exact) mass is 352 g/mol. The lowest BCUT2D eigenvalue weighted by Gasteiger charge is -2.11. The molecule has 0 atom stereocenters. The Kier molecular flexibility index (Phi) is 5.95. The number of carbonyl (C=O) groups excluding carboxylic acids is 1. The van der Waals surface area contributed by atoms with Crippen LogP contribution in [0.15, 0.2) is 21.4 Å². The van der Waals surface area contributed by atoms with Crippen molar-refractivity contribution in [3.05, 3.63) is 33.7 Å². The minimum Gasteiger partial charge on any atom is -0.315 e. The molecule has 2 rings (SSSR count). The highest BCUT2D eigenvalue weighted by molar-refractivity contribution is 8.00. The summed E-state index contributed by atoms with van der Waals surface area (Å²) in [6, 6.07) is 1.80. The van der Waals surface area contributed by atoms with Crippen LogP contribution in [0.2, 0.25) is 0 Å². The standard InChI is InChI=1S/C15H20N4O2S2/c1-9(2)5-7-19-8-6-10(3)11(13(19)21)12(20)16-14-17-18-15(22-4)23-14/h6,8-9H,5,7H2,1-4H3,(H,16,17,20). The van der Waals surface area contributed by atoms with Crippen molar-refractivity contribution in [3.8, 4) is 0 Å². The number of hydrogen-bond donors (Lipinski definition) is 1. The van der Waals surface area contributed by atoms with Gasteiger partial charge in [-0.15, -0.1) is 10.2 Å². The van der Waals surface area contributed by atoms with Crippen molar-refractivity contribution >= 4 is 34.1 Å². The van der Waals surface area contributed by atoms with E-state index >= 15 is 0 Å². The number of nitrogens with one attached hydrogen (secondary N) is 1. The van der Waals surface area contributed by atoms with Crippen LogP contribution < -0.4 is 10.9 Å². The summed E-state index contributed by atoms with van der Waals surface area (Å²) in [5.41, 5.74) is 0.554. The third kappa shape index (κ3) is 4.42. The van der Waals surface area contributed by atoms with E-state index in [1.54, 1.807) is 23.8 Å². The maximum Gasteiger partial charge on any atom is 0.263 e. The average Bonchev–Trinajstić information content (AvgIpc) is 2.94. The summed E-state index contributed by atoms with van der Waals surface area (Å²) < 4.78 is 2.36. The summed E-state index contributed by atoms with van der Waals surface area (Å²) in [7, 11) is 0. The summed E-state index contributed by atoms with van der Waals surface area (Å²) in [5.74, 6) is 0.0574. The van der Waals surface area contributed by atoms with E-state index in [9.17, 15) is 9.59 Å². The molecule has 1 amide bonds. The number of pyridine rings is 1. The van der Waals surface area contributed by atoms with Gasteiger partial charge in [0.15, 0.2) is 4.34 Å². The van der Waals surface area contributed by atoms with Crippen molar-refractivity contribution in [2.75, 3.05) is 11.6 Å². The maximum absolute atomic E-state index is 12.6. The highest BCUT2D eigenvalue weighted by Crippen LogP contribution is 2.23. The normalized spacial score (nSPS) is 11.0. The number of carbonyl (C=O) groups is 1. The lowest BCUT2D eigenvalue weighted by molar-refractivity contribution is 0.102. The van der Waals surface area contributed by atoms with E-state index in [-0.39, 0.29) is 11.1 Å². The van der Waals surface area contributed by atoms with Gasteiger partial charge in [0.1, 0.15) is 5.56 Å². The fourth-order valence-corrected chi connectivity index (χ4v) is 3.18. The first-order valence-corrected chi connectivity index (χ1v) is 9.35. The van der Waals surface area contributed by atoms with Gasteiger partial charge >= 0.3 is 0 Å². The van der Waals surface area contributed by atoms with E-state index in [1.807, 2.05) is 6.26 Å². The van der Waals surface area contributed by atoms with Crippen molar-refractivity contribution < 1.29 is 4.79 Å². The molecule has 2 aromatic heterocycles. The summed E-state index contributed by atoms with van der Waals surface area (Å²) in [6.45, 7) is 6.57. The first-order chi connectivity index (χ1) is 10.9. The van der Waals surface area contributed by atoms with Gasteiger partial charge in [-0.25, -0.2) is 0 Å². The highest BCUT2D eigenvalue weighted by atomic mass is 32.2. The van der Waals surface area contributed by atoms with Gasteiger partial charge in [-0.05, 0) is 37.1 Å². The summed E-state index contributed by atoms with van der Waals surface area (Å²) in [5, 5.41) is 10.9. The molecule has 1 N–H and O–H groups in total. The molecule has 8 heteroatoms. The van der Waals surface area contributed by atoms with E-state index in [0.29, 0.717) is 23.2 Å². The van der Waals surface area contributed by atoms with Crippen molar-refractivity contribution in [3.63, 3.8) is 0 Å². The molecule has 0 bridgehead atoms. The molecule has 23 heavy (non-hydrogen) atoms. The molecule has 2 aromatic rings. The van der Waals surface area contributed by atoms with Crippen molar-refractivity contribution in [1.29, 1.82) is 0 Å². The van der Waals surface area contributed by atoms with Gasteiger partial charge in [0.2, 0.25) is 5.13 Å². The van der Waals surface area contributed by atoms with E-state index in [0.717, 1.165) is 10.8 Å². The van der Waals surface area contributed by atoms with Crippen LogP contribution in [0.1, 0.15) is 36.2 Å². The first-order valence-electron chi connectivity index (χ1n) is 7.31. The Morgan fingerprint density at radius 2 is 2.17 bits per heavy atom. The molecule has 0 unspecified atom stereocenters. The van der Waals surface area contributed by atoms with Crippen LogP contribution in [0.3, 0.4) is 0 Å². The summed E-state index contributed by atoms with van der Waals surface area (Å²) in [6.07, 6.45) is 4.52. The van der Waals surface area contributed by atoms with E-state index in [4.69, 9.17) is 0 Å². The maximum atomic E-state index is 12.6. The van der Waals surface area contributed by atoms with E-state index in [2.05, 4.69) is 29.4 Å². The van der Waals surface area contributed by atoms with Gasteiger partial charge in [-0.2, -0.15) is 0 Å². The number of aryl methyl sites for hydroxylation is 2. The minimum absolute atomic E-state index is 0.164. The van der Waals surface area contributed by atoms with Crippen molar-refractivity contribution in [2.45, 2.75) is 38.1 Å². The molecule has 0 radical (unpaired) electrons. The van der Waals surface area contributed by atoms with Crippen LogP contribution >= 0.6 is 23.1 Å². The van der Waals surface area contributed by atoms with Crippen molar-refractivity contribution in [2.24, 2.45) is 5.92 Å².